The highest BCUT2D eigenvalue weighted by atomic mass is 16.5. The van der Waals surface area contributed by atoms with Crippen LogP contribution in [0.4, 0.5) is 0 Å². The molecule has 3 aromatic heterocycles. The van der Waals surface area contributed by atoms with Gasteiger partial charge in [-0.25, -0.2) is 14.8 Å². The number of carbonyl (C=O) groups excluding carboxylic acids is 1. The van der Waals surface area contributed by atoms with Crippen LogP contribution in [-0.4, -0.2) is 32.5 Å². The fourth-order valence-corrected chi connectivity index (χ4v) is 7.77. The quantitative estimate of drug-likeness (QED) is 0.206. The molecule has 6 nitrogen and oxygen atoms in total. The van der Waals surface area contributed by atoms with Crippen molar-refractivity contribution in [2.24, 2.45) is 0 Å². The zero-order valence-electron chi connectivity index (χ0n) is 30.0. The second-order valence-corrected chi connectivity index (χ2v) is 12.2. The number of esters is 1. The summed E-state index contributed by atoms with van der Waals surface area (Å²) in [6.45, 7) is 24.1. The number of aromatic amines is 2. The number of ether oxygens (including phenoxy) is 1. The lowest BCUT2D eigenvalue weighted by molar-refractivity contribution is 0.0528. The maximum absolute atomic E-state index is 13.6. The maximum Gasteiger partial charge on any atom is 0.340 e. The number of nitrogens with zero attached hydrogens (tertiary/aromatic N) is 2. The van der Waals surface area contributed by atoms with Gasteiger partial charge in [-0.2, -0.15) is 0 Å². The van der Waals surface area contributed by atoms with Crippen molar-refractivity contribution in [3.8, 4) is 0 Å². The van der Waals surface area contributed by atoms with Crippen molar-refractivity contribution in [3.63, 3.8) is 0 Å². The van der Waals surface area contributed by atoms with Crippen LogP contribution >= 0.6 is 0 Å². The molecule has 0 saturated carbocycles. The number of H-pyrrole nitrogens is 2. The predicted molar refractivity (Wildman–Crippen MR) is 199 cm³/mol. The average molecular weight is 633 g/mol. The molecule has 5 rings (SSSR count). The average Bonchev–Trinajstić information content (AvgIpc) is 3.84. The van der Waals surface area contributed by atoms with E-state index in [4.69, 9.17) is 14.7 Å². The van der Waals surface area contributed by atoms with Crippen LogP contribution in [0.25, 0.3) is 50.4 Å². The number of aromatic nitrogens is 4. The molecule has 0 fully saturated rings. The normalized spacial score (nSPS) is 13.1. The van der Waals surface area contributed by atoms with E-state index in [1.54, 1.807) is 6.08 Å². The van der Waals surface area contributed by atoms with Gasteiger partial charge in [0.05, 0.1) is 46.0 Å². The number of carbonyl (C=O) groups is 1. The van der Waals surface area contributed by atoms with Gasteiger partial charge in [-0.3, -0.25) is 0 Å². The molecule has 0 spiro atoms. The molecule has 47 heavy (non-hydrogen) atoms. The van der Waals surface area contributed by atoms with E-state index in [1.165, 1.54) is 39.0 Å². The highest BCUT2D eigenvalue weighted by Crippen LogP contribution is 2.44. The molecule has 5 heterocycles. The van der Waals surface area contributed by atoms with Crippen molar-refractivity contribution < 1.29 is 9.53 Å². The van der Waals surface area contributed by atoms with E-state index in [1.807, 2.05) is 13.0 Å². The van der Waals surface area contributed by atoms with Crippen molar-refractivity contribution in [1.29, 1.82) is 0 Å². The number of fused-ring (bicyclic) bond motifs is 8. The summed E-state index contributed by atoms with van der Waals surface area (Å²) in [5.74, 6) is -0.358. The van der Waals surface area contributed by atoms with Gasteiger partial charge in [0.15, 0.2) is 0 Å². The standard InChI is InChI=1S/C41H52N4O2/c1-11-23-21-24-22-33-34(41(46)47-20-10)29(16-6)40(43-33)32(19-9)39-28(15-5)27(14-4)38(45-39)31(18-8)37-26(13-3)25(12-2)36(44-37)30(17-7)35(23)42-24/h16,21-22,42-43H,6,11-15,17-20H2,1-5,7-10H3. The zero-order valence-corrected chi connectivity index (χ0v) is 30.0. The summed E-state index contributed by atoms with van der Waals surface area (Å²) in [7, 11) is 0. The molecule has 6 heteroatoms. The summed E-state index contributed by atoms with van der Waals surface area (Å²) in [5.41, 5.74) is 19.2. The Hall–Kier alpha value is -4.19. The number of allylic oxidation sites excluding steroid dienone is 4. The van der Waals surface area contributed by atoms with Gasteiger partial charge in [0, 0.05) is 33.3 Å². The zero-order chi connectivity index (χ0) is 34.0. The molecular formula is C41H52N4O2. The van der Waals surface area contributed by atoms with E-state index in [2.05, 4.69) is 78.0 Å². The minimum absolute atomic E-state index is 0.290. The van der Waals surface area contributed by atoms with Crippen LogP contribution in [0, 0.1) is 0 Å². The monoisotopic (exact) mass is 632 g/mol. The van der Waals surface area contributed by atoms with E-state index >= 15 is 0 Å². The number of hydrogen-bond acceptors (Lipinski definition) is 4. The van der Waals surface area contributed by atoms with Crippen molar-refractivity contribution in [3.05, 3.63) is 74.9 Å². The van der Waals surface area contributed by atoms with E-state index in [0.717, 1.165) is 102 Å². The third-order valence-corrected chi connectivity index (χ3v) is 9.89. The molecule has 2 N–H and O–H groups in total. The Morgan fingerprint density at radius 2 is 1.15 bits per heavy atom. The first-order valence-corrected chi connectivity index (χ1v) is 17.9. The van der Waals surface area contributed by atoms with Gasteiger partial charge in [-0.15, -0.1) is 0 Å². The van der Waals surface area contributed by atoms with Gasteiger partial charge in [0.2, 0.25) is 0 Å². The van der Waals surface area contributed by atoms with E-state index in [0.29, 0.717) is 17.7 Å². The molecule has 0 aliphatic carbocycles. The number of aryl methyl sites for hydroxylation is 3. The van der Waals surface area contributed by atoms with E-state index in [-0.39, 0.29) is 5.97 Å². The first-order chi connectivity index (χ1) is 22.8. The van der Waals surface area contributed by atoms with Crippen LogP contribution < -0.4 is 0 Å². The van der Waals surface area contributed by atoms with Crippen LogP contribution in [0.1, 0.15) is 149 Å². The van der Waals surface area contributed by atoms with Crippen LogP contribution in [0.3, 0.4) is 0 Å². The van der Waals surface area contributed by atoms with Gasteiger partial charge >= 0.3 is 5.97 Å². The van der Waals surface area contributed by atoms with Crippen LogP contribution in [0.15, 0.2) is 18.7 Å². The highest BCUT2D eigenvalue weighted by Gasteiger charge is 2.29. The van der Waals surface area contributed by atoms with Gasteiger partial charge in [0.1, 0.15) is 0 Å². The number of rotatable bonds is 11. The molecule has 3 aromatic rings. The third-order valence-electron chi connectivity index (χ3n) is 9.89. The molecule has 0 radical (unpaired) electrons. The van der Waals surface area contributed by atoms with Crippen LogP contribution in [0.2, 0.25) is 0 Å². The van der Waals surface area contributed by atoms with Crippen molar-refractivity contribution >= 4 is 56.4 Å². The van der Waals surface area contributed by atoms with Crippen LogP contribution in [0.5, 0.6) is 0 Å². The third kappa shape index (κ3) is 5.60. The number of hydrogen-bond donors (Lipinski definition) is 2. The van der Waals surface area contributed by atoms with E-state index in [9.17, 15) is 4.79 Å². The SMILES string of the molecule is C=Cc1c(C(=O)OCC)c2cc3cc(CC)c([nH]3)c(CC)c3nc(c(CC)c4nc(c(CC)c1[nH]2)C(CC)=C4CC)C(CC)=C3CC. The number of nitrogens with one attached hydrogen (secondary N) is 2. The predicted octanol–water partition coefficient (Wildman–Crippen LogP) is 10.8. The molecule has 0 unspecified atom stereocenters. The Kier molecular flexibility index (Phi) is 10.4. The lowest BCUT2D eigenvalue weighted by atomic mass is 9.91. The molecule has 2 aliphatic rings. The lowest BCUT2D eigenvalue weighted by Gasteiger charge is -2.11. The first kappa shape index (κ1) is 34.2. The Labute approximate surface area is 280 Å². The minimum atomic E-state index is -0.358. The Morgan fingerprint density at radius 1 is 0.660 bits per heavy atom. The van der Waals surface area contributed by atoms with Crippen LogP contribution in [-0.2, 0) is 30.4 Å². The molecule has 0 aromatic carbocycles. The lowest BCUT2D eigenvalue weighted by Crippen LogP contribution is -2.05. The summed E-state index contributed by atoms with van der Waals surface area (Å²) in [4.78, 5) is 32.2. The smallest absolute Gasteiger partial charge is 0.340 e. The molecule has 8 bridgehead atoms. The summed E-state index contributed by atoms with van der Waals surface area (Å²) in [6, 6.07) is 4.26. The van der Waals surface area contributed by atoms with Crippen molar-refractivity contribution in [2.75, 3.05) is 6.61 Å². The van der Waals surface area contributed by atoms with Crippen molar-refractivity contribution in [1.82, 2.24) is 19.9 Å². The molecule has 0 saturated heterocycles. The Balaban J connectivity index is 2.18. The topological polar surface area (TPSA) is 83.7 Å². The molecule has 0 amide bonds. The second-order valence-electron chi connectivity index (χ2n) is 12.2. The summed E-state index contributed by atoms with van der Waals surface area (Å²) in [5, 5.41) is 0. The Bertz CT molecular complexity index is 1960. The maximum atomic E-state index is 13.6. The van der Waals surface area contributed by atoms with Gasteiger partial charge in [-0.05, 0) is 98.3 Å². The fraction of sp³-hybridized carbons (Fsp3) is 0.439. The molecule has 2 aliphatic heterocycles. The van der Waals surface area contributed by atoms with Gasteiger partial charge in [0.25, 0.3) is 0 Å². The molecule has 248 valence electrons. The highest BCUT2D eigenvalue weighted by molar-refractivity contribution is 6.07. The van der Waals surface area contributed by atoms with Gasteiger partial charge < -0.3 is 14.7 Å². The minimum Gasteiger partial charge on any atom is -0.462 e. The summed E-state index contributed by atoms with van der Waals surface area (Å²) >= 11 is 0. The largest absolute Gasteiger partial charge is 0.462 e. The fourth-order valence-electron chi connectivity index (χ4n) is 7.77. The van der Waals surface area contributed by atoms with E-state index < -0.39 is 0 Å². The second kappa shape index (κ2) is 14.3. The van der Waals surface area contributed by atoms with Crippen molar-refractivity contribution in [2.45, 2.75) is 114 Å². The Morgan fingerprint density at radius 3 is 1.57 bits per heavy atom. The van der Waals surface area contributed by atoms with Gasteiger partial charge in [-0.1, -0.05) is 68.0 Å². The molecule has 0 atom stereocenters. The summed E-state index contributed by atoms with van der Waals surface area (Å²) in [6.07, 6.45) is 8.65. The first-order valence-electron chi connectivity index (χ1n) is 17.9. The molecular weight excluding hydrogens is 580 g/mol. The summed E-state index contributed by atoms with van der Waals surface area (Å²) < 4.78 is 5.63.